The molecule has 3 nitrogen and oxygen atoms in total. The highest BCUT2D eigenvalue weighted by Crippen LogP contribution is 2.50. The van der Waals surface area contributed by atoms with E-state index in [2.05, 4.69) is 5.32 Å². The Kier molecular flexibility index (Phi) is 2.21. The van der Waals surface area contributed by atoms with Crippen molar-refractivity contribution in [1.29, 1.82) is 0 Å². The molecule has 5 heteroatoms. The van der Waals surface area contributed by atoms with Crippen molar-refractivity contribution in [2.75, 3.05) is 6.54 Å². The van der Waals surface area contributed by atoms with Crippen molar-refractivity contribution in [3.8, 4) is 0 Å². The molecule has 0 amide bonds. The Morgan fingerprint density at radius 1 is 1.50 bits per heavy atom. The number of alkyl halides is 2. The molecule has 0 spiro atoms. The Morgan fingerprint density at radius 3 is 2.64 bits per heavy atom. The molecule has 2 atom stereocenters. The van der Waals surface area contributed by atoms with Gasteiger partial charge in [0.05, 0.1) is 6.54 Å². The van der Waals surface area contributed by atoms with Gasteiger partial charge in [-0.25, -0.2) is 4.79 Å². The number of carboxylic acids is 1. The second kappa shape index (κ2) is 3.15. The van der Waals surface area contributed by atoms with Crippen LogP contribution in [0.4, 0.5) is 8.78 Å². The highest BCUT2D eigenvalue weighted by atomic mass is 19.3. The lowest BCUT2D eigenvalue weighted by atomic mass is 10.2. The summed E-state index contributed by atoms with van der Waals surface area (Å²) in [6, 6.07) is 0.132. The van der Waals surface area contributed by atoms with Gasteiger partial charge in [0.25, 0.3) is 0 Å². The minimum Gasteiger partial charge on any atom is -0.477 e. The first kappa shape index (κ1) is 9.83. The molecular weight excluding hydrogens is 192 g/mol. The highest BCUT2D eigenvalue weighted by molar-refractivity contribution is 5.75. The summed E-state index contributed by atoms with van der Waals surface area (Å²) in [5.41, 5.74) is 0. The van der Waals surface area contributed by atoms with E-state index in [1.165, 1.54) is 12.8 Å². The van der Waals surface area contributed by atoms with Crippen LogP contribution in [0.25, 0.3) is 0 Å². The number of rotatable bonds is 5. The van der Waals surface area contributed by atoms with E-state index >= 15 is 0 Å². The highest BCUT2D eigenvalue weighted by Gasteiger charge is 2.49. The molecule has 2 aliphatic carbocycles. The molecular formula is C9H13F2NO2. The van der Waals surface area contributed by atoms with Crippen LogP contribution in [0.3, 0.4) is 0 Å². The maximum atomic E-state index is 12.6. The summed E-state index contributed by atoms with van der Waals surface area (Å²) >= 11 is 0. The number of halogens is 2. The van der Waals surface area contributed by atoms with Gasteiger partial charge >= 0.3 is 11.9 Å². The largest absolute Gasteiger partial charge is 0.477 e. The monoisotopic (exact) mass is 205 g/mol. The van der Waals surface area contributed by atoms with Gasteiger partial charge in [0.1, 0.15) is 0 Å². The van der Waals surface area contributed by atoms with E-state index in [1.807, 2.05) is 0 Å². The maximum Gasteiger partial charge on any atom is 0.375 e. The molecule has 0 aromatic rings. The molecule has 2 saturated carbocycles. The molecule has 0 aromatic carbocycles. The number of hydrogen-bond acceptors (Lipinski definition) is 2. The van der Waals surface area contributed by atoms with Crippen molar-refractivity contribution >= 4 is 5.97 Å². The van der Waals surface area contributed by atoms with Gasteiger partial charge in [0, 0.05) is 6.04 Å². The second-order valence-corrected chi connectivity index (χ2v) is 4.23. The van der Waals surface area contributed by atoms with Crippen molar-refractivity contribution in [3.05, 3.63) is 0 Å². The normalized spacial score (nSPS) is 31.6. The SMILES string of the molecule is O=C(O)C(F)(F)CNC1CC1C1CC1. The third kappa shape index (κ3) is 2.03. The first-order chi connectivity index (χ1) is 6.50. The first-order valence-corrected chi connectivity index (χ1v) is 4.85. The van der Waals surface area contributed by atoms with Crippen LogP contribution >= 0.6 is 0 Å². The zero-order chi connectivity index (χ0) is 10.3. The van der Waals surface area contributed by atoms with Gasteiger partial charge in [-0.1, -0.05) is 0 Å². The summed E-state index contributed by atoms with van der Waals surface area (Å²) in [5, 5.41) is 10.8. The summed E-state index contributed by atoms with van der Waals surface area (Å²) in [7, 11) is 0. The summed E-state index contributed by atoms with van der Waals surface area (Å²) in [4.78, 5) is 10.1. The molecule has 0 saturated heterocycles. The van der Waals surface area contributed by atoms with Crippen molar-refractivity contribution in [3.63, 3.8) is 0 Å². The van der Waals surface area contributed by atoms with Gasteiger partial charge in [-0.05, 0) is 31.1 Å². The molecule has 0 heterocycles. The van der Waals surface area contributed by atoms with Crippen LogP contribution in [0, 0.1) is 11.8 Å². The fraction of sp³-hybridized carbons (Fsp3) is 0.889. The quantitative estimate of drug-likeness (QED) is 0.706. The fourth-order valence-corrected chi connectivity index (χ4v) is 1.83. The molecule has 0 radical (unpaired) electrons. The van der Waals surface area contributed by atoms with E-state index < -0.39 is 18.4 Å². The minimum absolute atomic E-state index is 0.132. The average Bonchev–Trinajstić information content (AvgIpc) is 2.94. The van der Waals surface area contributed by atoms with Gasteiger partial charge in [0.2, 0.25) is 0 Å². The summed E-state index contributed by atoms with van der Waals surface area (Å²) in [5.74, 6) is -4.43. The molecule has 0 aromatic heterocycles. The van der Waals surface area contributed by atoms with Crippen LogP contribution in [0.1, 0.15) is 19.3 Å². The average molecular weight is 205 g/mol. The predicted molar refractivity (Wildman–Crippen MR) is 45.2 cm³/mol. The van der Waals surface area contributed by atoms with Crippen LogP contribution in [0.5, 0.6) is 0 Å². The summed E-state index contributed by atoms with van der Waals surface area (Å²) in [6.07, 6.45) is 3.34. The van der Waals surface area contributed by atoms with Crippen LogP contribution < -0.4 is 5.32 Å². The molecule has 2 rings (SSSR count). The summed E-state index contributed by atoms with van der Waals surface area (Å²) in [6.45, 7) is -0.740. The van der Waals surface area contributed by atoms with Crippen molar-refractivity contribution in [1.82, 2.24) is 5.32 Å². The van der Waals surface area contributed by atoms with Gasteiger partial charge < -0.3 is 10.4 Å². The van der Waals surface area contributed by atoms with Gasteiger partial charge in [-0.2, -0.15) is 8.78 Å². The third-order valence-electron chi connectivity index (χ3n) is 2.97. The molecule has 2 fully saturated rings. The second-order valence-electron chi connectivity index (χ2n) is 4.23. The van der Waals surface area contributed by atoms with E-state index in [4.69, 9.17) is 5.11 Å². The zero-order valence-electron chi connectivity index (χ0n) is 7.67. The predicted octanol–water partition coefficient (Wildman–Crippen LogP) is 1.09. The van der Waals surface area contributed by atoms with Gasteiger partial charge in [0.15, 0.2) is 0 Å². The Bertz CT molecular complexity index is 253. The molecule has 80 valence electrons. The minimum atomic E-state index is -3.63. The Balaban J connectivity index is 1.70. The topological polar surface area (TPSA) is 49.3 Å². The number of nitrogens with one attached hydrogen (secondary N) is 1. The zero-order valence-corrected chi connectivity index (χ0v) is 7.67. The van der Waals surface area contributed by atoms with Gasteiger partial charge in [-0.15, -0.1) is 0 Å². The maximum absolute atomic E-state index is 12.6. The molecule has 2 unspecified atom stereocenters. The molecule has 2 N–H and O–H groups in total. The van der Waals surface area contributed by atoms with E-state index in [0.29, 0.717) is 11.8 Å². The lowest BCUT2D eigenvalue weighted by Gasteiger charge is -2.11. The standard InChI is InChI=1S/C9H13F2NO2/c10-9(11,8(13)14)4-12-7-3-6(7)5-1-2-5/h5-7,12H,1-4H2,(H,13,14). The van der Waals surface area contributed by atoms with E-state index in [9.17, 15) is 13.6 Å². The first-order valence-electron chi connectivity index (χ1n) is 4.85. The molecule has 0 aliphatic heterocycles. The Labute approximate surface area is 80.5 Å². The van der Waals surface area contributed by atoms with Crippen LogP contribution in [-0.2, 0) is 4.79 Å². The number of carbonyl (C=O) groups is 1. The Morgan fingerprint density at radius 2 is 2.14 bits per heavy atom. The van der Waals surface area contributed by atoms with Gasteiger partial charge in [-0.3, -0.25) is 0 Å². The van der Waals surface area contributed by atoms with Crippen molar-refractivity contribution in [2.45, 2.75) is 31.2 Å². The number of aliphatic carboxylic acids is 1. The molecule has 2 aliphatic rings. The lowest BCUT2D eigenvalue weighted by Crippen LogP contribution is -2.41. The molecule has 14 heavy (non-hydrogen) atoms. The summed E-state index contributed by atoms with van der Waals surface area (Å²) < 4.78 is 25.2. The van der Waals surface area contributed by atoms with Crippen LogP contribution in [0.2, 0.25) is 0 Å². The fourth-order valence-electron chi connectivity index (χ4n) is 1.83. The smallest absolute Gasteiger partial charge is 0.375 e. The number of hydrogen-bond donors (Lipinski definition) is 2. The lowest BCUT2D eigenvalue weighted by molar-refractivity contribution is -0.164. The third-order valence-corrected chi connectivity index (χ3v) is 2.97. The van der Waals surface area contributed by atoms with Crippen molar-refractivity contribution < 1.29 is 18.7 Å². The van der Waals surface area contributed by atoms with E-state index in [1.54, 1.807) is 0 Å². The van der Waals surface area contributed by atoms with Crippen LogP contribution in [-0.4, -0.2) is 29.6 Å². The molecule has 0 bridgehead atoms. The van der Waals surface area contributed by atoms with E-state index in [0.717, 1.165) is 6.42 Å². The Hall–Kier alpha value is -0.710. The van der Waals surface area contributed by atoms with Crippen LogP contribution in [0.15, 0.2) is 0 Å². The van der Waals surface area contributed by atoms with Crippen molar-refractivity contribution in [2.24, 2.45) is 11.8 Å². The van der Waals surface area contributed by atoms with E-state index in [-0.39, 0.29) is 6.04 Å². The number of carboxylic acid groups (broad SMARTS) is 1.